The Morgan fingerprint density at radius 1 is 0.852 bits per heavy atom. The Bertz CT molecular complexity index is 912. The van der Waals surface area contributed by atoms with E-state index in [9.17, 15) is 0 Å². The Balaban J connectivity index is 1.52. The van der Waals surface area contributed by atoms with E-state index in [2.05, 4.69) is 53.8 Å². The van der Waals surface area contributed by atoms with Gasteiger partial charge in [-0.1, -0.05) is 84.4 Å². The van der Waals surface area contributed by atoms with Gasteiger partial charge in [0.25, 0.3) is 0 Å². The van der Waals surface area contributed by atoms with Crippen LogP contribution in [0.15, 0.2) is 89.9 Å². The molecule has 2 atom stereocenters. The maximum absolute atomic E-state index is 6.18. The highest BCUT2D eigenvalue weighted by atomic mass is 35.5. The van der Waals surface area contributed by atoms with E-state index in [1.54, 1.807) is 0 Å². The molecule has 0 radical (unpaired) electrons. The minimum Gasteiger partial charge on any atom is -0.484 e. The van der Waals surface area contributed by atoms with Crippen molar-refractivity contribution in [2.24, 2.45) is 4.99 Å². The first-order chi connectivity index (χ1) is 13.3. The Morgan fingerprint density at radius 2 is 1.52 bits per heavy atom. The monoisotopic (exact) mass is 376 g/mol. The zero-order valence-electron chi connectivity index (χ0n) is 14.9. The lowest BCUT2D eigenvalue weighted by Gasteiger charge is -2.19. The van der Waals surface area contributed by atoms with Gasteiger partial charge in [0, 0.05) is 0 Å². The van der Waals surface area contributed by atoms with Crippen LogP contribution in [0.3, 0.4) is 0 Å². The molecule has 0 aliphatic carbocycles. The first kappa shape index (κ1) is 17.6. The van der Waals surface area contributed by atoms with Crippen molar-refractivity contribution in [2.75, 3.05) is 6.61 Å². The molecule has 0 spiro atoms. The number of rotatable bonds is 6. The quantitative estimate of drug-likeness (QED) is 0.651. The van der Waals surface area contributed by atoms with Gasteiger partial charge in [0.15, 0.2) is 0 Å². The molecule has 2 unspecified atom stereocenters. The summed E-state index contributed by atoms with van der Waals surface area (Å²) in [5.74, 6) is 1.52. The number of nitrogens with one attached hydrogen (secondary N) is 1. The minimum absolute atomic E-state index is 0.125. The van der Waals surface area contributed by atoms with Crippen LogP contribution in [0.2, 0.25) is 5.02 Å². The van der Waals surface area contributed by atoms with E-state index in [-0.39, 0.29) is 12.1 Å². The predicted octanol–water partition coefficient (Wildman–Crippen LogP) is 5.07. The number of hydrogen-bond donors (Lipinski definition) is 1. The molecule has 1 aliphatic heterocycles. The van der Waals surface area contributed by atoms with Crippen molar-refractivity contribution in [1.82, 2.24) is 5.32 Å². The van der Waals surface area contributed by atoms with E-state index < -0.39 is 0 Å². The highest BCUT2D eigenvalue weighted by molar-refractivity contribution is 6.32. The van der Waals surface area contributed by atoms with E-state index in [4.69, 9.17) is 21.3 Å². The van der Waals surface area contributed by atoms with E-state index in [1.807, 2.05) is 36.4 Å². The second kappa shape index (κ2) is 8.28. The van der Waals surface area contributed by atoms with Crippen LogP contribution in [0.25, 0.3) is 0 Å². The number of hydrogen-bond acceptors (Lipinski definition) is 3. The molecule has 3 nitrogen and oxygen atoms in total. The van der Waals surface area contributed by atoms with Gasteiger partial charge in [0.2, 0.25) is 0 Å². The predicted molar refractivity (Wildman–Crippen MR) is 111 cm³/mol. The third-order valence-corrected chi connectivity index (χ3v) is 4.99. The summed E-state index contributed by atoms with van der Waals surface area (Å²) >= 11 is 6.18. The SMILES string of the molecule is Clc1ccccc1OCC1=NC(Cc2ccccc2)C(c2ccccc2)N1. The van der Waals surface area contributed by atoms with Crippen molar-refractivity contribution in [1.29, 1.82) is 0 Å². The molecule has 136 valence electrons. The molecular weight excluding hydrogens is 356 g/mol. The first-order valence-corrected chi connectivity index (χ1v) is 9.47. The van der Waals surface area contributed by atoms with E-state index in [0.717, 1.165) is 12.3 Å². The molecule has 0 saturated carbocycles. The summed E-state index contributed by atoms with van der Waals surface area (Å²) in [4.78, 5) is 4.92. The average Bonchev–Trinajstić information content (AvgIpc) is 3.11. The fraction of sp³-hybridized carbons (Fsp3) is 0.174. The van der Waals surface area contributed by atoms with Crippen LogP contribution in [0, 0.1) is 0 Å². The Morgan fingerprint density at radius 3 is 2.26 bits per heavy atom. The van der Waals surface area contributed by atoms with Crippen molar-refractivity contribution in [2.45, 2.75) is 18.5 Å². The Hall–Kier alpha value is -2.78. The molecule has 0 amide bonds. The van der Waals surface area contributed by atoms with Crippen LogP contribution in [0.5, 0.6) is 5.75 Å². The van der Waals surface area contributed by atoms with Gasteiger partial charge in [-0.25, -0.2) is 0 Å². The molecular formula is C23H21ClN2O. The average molecular weight is 377 g/mol. The maximum Gasteiger partial charge on any atom is 0.145 e. The second-order valence-corrected chi connectivity index (χ2v) is 6.99. The molecule has 0 fully saturated rings. The van der Waals surface area contributed by atoms with Crippen molar-refractivity contribution < 1.29 is 4.74 Å². The molecule has 1 N–H and O–H groups in total. The fourth-order valence-electron chi connectivity index (χ4n) is 3.36. The van der Waals surface area contributed by atoms with Gasteiger partial charge in [0.1, 0.15) is 18.2 Å². The molecule has 4 rings (SSSR count). The normalized spacial score (nSPS) is 18.6. The number of aliphatic imine (C=N–C) groups is 1. The molecule has 3 aromatic carbocycles. The smallest absolute Gasteiger partial charge is 0.145 e. The lowest BCUT2D eigenvalue weighted by atomic mass is 9.95. The third-order valence-electron chi connectivity index (χ3n) is 4.68. The van der Waals surface area contributed by atoms with Crippen molar-refractivity contribution in [3.8, 4) is 5.75 Å². The lowest BCUT2D eigenvalue weighted by molar-refractivity contribution is 0.373. The number of para-hydroxylation sites is 1. The highest BCUT2D eigenvalue weighted by Gasteiger charge is 2.30. The molecule has 0 aromatic heterocycles. The standard InChI is InChI=1S/C23H21ClN2O/c24-19-13-7-8-14-21(19)27-16-22-25-20(15-17-9-3-1-4-10-17)23(26-22)18-11-5-2-6-12-18/h1-14,20,23H,15-16H2,(H,25,26). The number of halogens is 1. The molecule has 1 aliphatic rings. The van der Waals surface area contributed by atoms with E-state index >= 15 is 0 Å². The number of nitrogens with zero attached hydrogens (tertiary/aromatic N) is 1. The lowest BCUT2D eigenvalue weighted by Crippen LogP contribution is -2.30. The minimum atomic E-state index is 0.125. The zero-order chi connectivity index (χ0) is 18.5. The van der Waals surface area contributed by atoms with Gasteiger partial charge >= 0.3 is 0 Å². The maximum atomic E-state index is 6.18. The van der Waals surface area contributed by atoms with Crippen LogP contribution >= 0.6 is 11.6 Å². The number of amidine groups is 1. The summed E-state index contributed by atoms with van der Waals surface area (Å²) in [6, 6.07) is 28.7. The number of benzene rings is 3. The van der Waals surface area contributed by atoms with Crippen LogP contribution in [-0.4, -0.2) is 18.5 Å². The molecule has 4 heteroatoms. The summed E-state index contributed by atoms with van der Waals surface area (Å²) < 4.78 is 5.88. The largest absolute Gasteiger partial charge is 0.484 e. The van der Waals surface area contributed by atoms with E-state index in [0.29, 0.717) is 17.4 Å². The molecule has 0 saturated heterocycles. The van der Waals surface area contributed by atoms with Gasteiger partial charge in [-0.05, 0) is 29.7 Å². The van der Waals surface area contributed by atoms with Crippen LogP contribution in [0.4, 0.5) is 0 Å². The van der Waals surface area contributed by atoms with Crippen molar-refractivity contribution in [3.63, 3.8) is 0 Å². The van der Waals surface area contributed by atoms with E-state index in [1.165, 1.54) is 11.1 Å². The number of ether oxygens (including phenoxy) is 1. The van der Waals surface area contributed by atoms with Gasteiger partial charge in [-0.2, -0.15) is 0 Å². The summed E-state index contributed by atoms with van der Waals surface area (Å²) in [6.07, 6.45) is 0.878. The van der Waals surface area contributed by atoms with Gasteiger partial charge in [-0.3, -0.25) is 4.99 Å². The summed E-state index contributed by atoms with van der Waals surface area (Å²) in [5.41, 5.74) is 2.51. The van der Waals surface area contributed by atoms with Crippen LogP contribution < -0.4 is 10.1 Å². The summed E-state index contributed by atoms with van der Waals surface area (Å²) in [6.45, 7) is 0.373. The van der Waals surface area contributed by atoms with Gasteiger partial charge in [0.05, 0.1) is 17.1 Å². The van der Waals surface area contributed by atoms with Crippen molar-refractivity contribution >= 4 is 17.4 Å². The van der Waals surface area contributed by atoms with Gasteiger partial charge in [-0.15, -0.1) is 0 Å². The summed E-state index contributed by atoms with van der Waals surface area (Å²) in [7, 11) is 0. The second-order valence-electron chi connectivity index (χ2n) is 6.58. The molecule has 1 heterocycles. The topological polar surface area (TPSA) is 33.6 Å². The Kier molecular flexibility index (Phi) is 5.40. The van der Waals surface area contributed by atoms with Crippen LogP contribution in [0.1, 0.15) is 17.2 Å². The highest BCUT2D eigenvalue weighted by Crippen LogP contribution is 2.28. The van der Waals surface area contributed by atoms with Gasteiger partial charge < -0.3 is 10.1 Å². The van der Waals surface area contributed by atoms with Crippen molar-refractivity contribution in [3.05, 3.63) is 101 Å². The van der Waals surface area contributed by atoms with Crippen LogP contribution in [-0.2, 0) is 6.42 Å². The third kappa shape index (κ3) is 4.32. The zero-order valence-corrected chi connectivity index (χ0v) is 15.6. The first-order valence-electron chi connectivity index (χ1n) is 9.09. The molecule has 27 heavy (non-hydrogen) atoms. The molecule has 3 aromatic rings. The molecule has 0 bridgehead atoms. The fourth-order valence-corrected chi connectivity index (χ4v) is 3.55. The summed E-state index contributed by atoms with van der Waals surface area (Å²) in [5, 5.41) is 4.16. The Labute approximate surface area is 164 Å².